The summed E-state index contributed by atoms with van der Waals surface area (Å²) in [6, 6.07) is 9.94. The largest absolute Gasteiger partial charge is 0.349 e. The average molecular weight is 267 g/mol. The third-order valence-electron chi connectivity index (χ3n) is 2.18. The first kappa shape index (κ1) is 12.1. The highest BCUT2D eigenvalue weighted by Crippen LogP contribution is 2.21. The number of aromatic nitrogens is 1. The van der Waals surface area contributed by atoms with Gasteiger partial charge in [0.1, 0.15) is 10.9 Å². The summed E-state index contributed by atoms with van der Waals surface area (Å²) in [6.45, 7) is 0.434. The van der Waals surface area contributed by atoms with Crippen LogP contribution in [0, 0.1) is 0 Å². The number of nitrogens with one attached hydrogen (secondary N) is 1. The summed E-state index contributed by atoms with van der Waals surface area (Å²) in [5.41, 5.74) is 2.02. The second-order valence-electron chi connectivity index (χ2n) is 3.40. The van der Waals surface area contributed by atoms with Crippen molar-refractivity contribution in [3.8, 4) is 11.3 Å². The van der Waals surface area contributed by atoms with Gasteiger partial charge in [-0.05, 0) is 0 Å². The van der Waals surface area contributed by atoms with E-state index in [1.54, 1.807) is 0 Å². The van der Waals surface area contributed by atoms with E-state index < -0.39 is 0 Å². The fourth-order valence-corrected chi connectivity index (χ4v) is 2.19. The van der Waals surface area contributed by atoms with Crippen LogP contribution in [0.4, 0.5) is 0 Å². The van der Waals surface area contributed by atoms with Gasteiger partial charge in [-0.3, -0.25) is 4.79 Å². The lowest BCUT2D eigenvalue weighted by atomic mass is 10.2. The van der Waals surface area contributed by atoms with E-state index in [0.29, 0.717) is 6.54 Å². The number of nitrogens with zero attached hydrogens (tertiary/aromatic N) is 1. The molecule has 1 aromatic carbocycles. The molecule has 1 amide bonds. The van der Waals surface area contributed by atoms with E-state index in [9.17, 15) is 4.79 Å². The number of amides is 1. The Morgan fingerprint density at radius 1 is 1.35 bits per heavy atom. The van der Waals surface area contributed by atoms with Gasteiger partial charge in [0.05, 0.1) is 12.2 Å². The molecular weight excluding hydrogens is 256 g/mol. The predicted octanol–water partition coefficient (Wildman–Crippen LogP) is 2.67. The van der Waals surface area contributed by atoms with Crippen LogP contribution < -0.4 is 5.32 Å². The quantitative estimate of drug-likeness (QED) is 0.865. The van der Waals surface area contributed by atoms with Gasteiger partial charge >= 0.3 is 0 Å². The van der Waals surface area contributed by atoms with Crippen LogP contribution in [0.1, 0.15) is 5.01 Å². The van der Waals surface area contributed by atoms with E-state index in [-0.39, 0.29) is 11.8 Å². The van der Waals surface area contributed by atoms with Crippen molar-refractivity contribution in [2.24, 2.45) is 0 Å². The van der Waals surface area contributed by atoms with Crippen molar-refractivity contribution in [1.82, 2.24) is 10.3 Å². The Bertz CT molecular complexity index is 498. The summed E-state index contributed by atoms with van der Waals surface area (Å²) in [6.07, 6.45) is 0. The van der Waals surface area contributed by atoms with E-state index in [2.05, 4.69) is 10.3 Å². The molecule has 0 saturated carbocycles. The van der Waals surface area contributed by atoms with E-state index in [0.717, 1.165) is 16.3 Å². The van der Waals surface area contributed by atoms with Gasteiger partial charge in [0, 0.05) is 10.9 Å². The second-order valence-corrected chi connectivity index (χ2v) is 4.61. The SMILES string of the molecule is O=C(CCl)NCc1nc(-c2ccccc2)cs1. The lowest BCUT2D eigenvalue weighted by molar-refractivity contribution is -0.118. The molecule has 0 aliphatic rings. The molecule has 0 unspecified atom stereocenters. The van der Waals surface area contributed by atoms with Gasteiger partial charge < -0.3 is 5.32 Å². The monoisotopic (exact) mass is 266 g/mol. The molecule has 5 heteroatoms. The molecule has 0 atom stereocenters. The van der Waals surface area contributed by atoms with Gasteiger partial charge in [-0.25, -0.2) is 4.98 Å². The molecule has 0 spiro atoms. The Kier molecular flexibility index (Phi) is 4.12. The Morgan fingerprint density at radius 2 is 2.12 bits per heavy atom. The number of benzene rings is 1. The number of halogens is 1. The fraction of sp³-hybridized carbons (Fsp3) is 0.167. The first-order valence-corrected chi connectivity index (χ1v) is 6.53. The summed E-state index contributed by atoms with van der Waals surface area (Å²) in [5.74, 6) is -0.195. The highest BCUT2D eigenvalue weighted by molar-refractivity contribution is 7.09. The van der Waals surface area contributed by atoms with E-state index >= 15 is 0 Å². The second kappa shape index (κ2) is 5.80. The summed E-state index contributed by atoms with van der Waals surface area (Å²) >= 11 is 6.92. The third kappa shape index (κ3) is 3.28. The van der Waals surface area contributed by atoms with Crippen LogP contribution >= 0.6 is 22.9 Å². The van der Waals surface area contributed by atoms with Crippen LogP contribution in [-0.4, -0.2) is 16.8 Å². The van der Waals surface area contributed by atoms with Crippen LogP contribution in [-0.2, 0) is 11.3 Å². The number of rotatable bonds is 4. The summed E-state index contributed by atoms with van der Waals surface area (Å²) in [7, 11) is 0. The third-order valence-corrected chi connectivity index (χ3v) is 3.27. The van der Waals surface area contributed by atoms with Crippen LogP contribution in [0.5, 0.6) is 0 Å². The van der Waals surface area contributed by atoms with Gasteiger partial charge in [-0.2, -0.15) is 0 Å². The Morgan fingerprint density at radius 3 is 2.82 bits per heavy atom. The van der Waals surface area contributed by atoms with Crippen molar-refractivity contribution in [3.63, 3.8) is 0 Å². The molecule has 0 radical (unpaired) electrons. The maximum atomic E-state index is 11.0. The van der Waals surface area contributed by atoms with Crippen molar-refractivity contribution in [3.05, 3.63) is 40.7 Å². The topological polar surface area (TPSA) is 42.0 Å². The van der Waals surface area contributed by atoms with Crippen molar-refractivity contribution in [1.29, 1.82) is 0 Å². The van der Waals surface area contributed by atoms with Crippen molar-refractivity contribution >= 4 is 28.8 Å². The van der Waals surface area contributed by atoms with E-state index in [4.69, 9.17) is 11.6 Å². The molecule has 1 N–H and O–H groups in total. The molecule has 1 aromatic heterocycles. The number of thiazole rings is 1. The number of alkyl halides is 1. The van der Waals surface area contributed by atoms with Crippen LogP contribution in [0.2, 0.25) is 0 Å². The van der Waals surface area contributed by atoms with Crippen molar-refractivity contribution < 1.29 is 4.79 Å². The minimum Gasteiger partial charge on any atom is -0.349 e. The number of carbonyl (C=O) groups excluding carboxylic acids is 1. The maximum absolute atomic E-state index is 11.0. The predicted molar refractivity (Wildman–Crippen MR) is 70.1 cm³/mol. The zero-order valence-electron chi connectivity index (χ0n) is 9.02. The van der Waals surface area contributed by atoms with Gasteiger partial charge in [-0.1, -0.05) is 30.3 Å². The number of hydrogen-bond donors (Lipinski definition) is 1. The van der Waals surface area contributed by atoms with Gasteiger partial charge in [0.2, 0.25) is 5.91 Å². The van der Waals surface area contributed by atoms with Gasteiger partial charge in [0.25, 0.3) is 0 Å². The number of carbonyl (C=O) groups is 1. The zero-order chi connectivity index (χ0) is 12.1. The van der Waals surface area contributed by atoms with Gasteiger partial charge in [0.15, 0.2) is 0 Å². The number of hydrogen-bond acceptors (Lipinski definition) is 3. The normalized spacial score (nSPS) is 10.2. The Labute approximate surface area is 108 Å². The van der Waals surface area contributed by atoms with Crippen molar-refractivity contribution in [2.75, 3.05) is 5.88 Å². The Balaban J connectivity index is 2.04. The summed E-state index contributed by atoms with van der Waals surface area (Å²) in [5, 5.41) is 5.55. The smallest absolute Gasteiger partial charge is 0.235 e. The van der Waals surface area contributed by atoms with Crippen molar-refractivity contribution in [2.45, 2.75) is 6.54 Å². The molecule has 88 valence electrons. The van der Waals surface area contributed by atoms with Crippen LogP contribution in [0.25, 0.3) is 11.3 Å². The van der Waals surface area contributed by atoms with E-state index in [1.807, 2.05) is 35.7 Å². The first-order chi connectivity index (χ1) is 8.29. The summed E-state index contributed by atoms with van der Waals surface area (Å²) in [4.78, 5) is 15.4. The first-order valence-electron chi connectivity index (χ1n) is 5.12. The molecule has 0 fully saturated rings. The average Bonchev–Trinajstić information content (AvgIpc) is 2.86. The highest BCUT2D eigenvalue weighted by atomic mass is 35.5. The molecule has 0 bridgehead atoms. The molecular formula is C12H11ClN2OS. The minimum absolute atomic E-state index is 0.0169. The summed E-state index contributed by atoms with van der Waals surface area (Å²) < 4.78 is 0. The minimum atomic E-state index is -0.178. The van der Waals surface area contributed by atoms with Gasteiger partial charge in [-0.15, -0.1) is 22.9 Å². The molecule has 2 rings (SSSR count). The molecule has 0 saturated heterocycles. The maximum Gasteiger partial charge on any atom is 0.235 e. The highest BCUT2D eigenvalue weighted by Gasteiger charge is 2.05. The fourth-order valence-electron chi connectivity index (χ4n) is 1.36. The molecule has 2 aromatic rings. The molecule has 17 heavy (non-hydrogen) atoms. The molecule has 0 aliphatic carbocycles. The molecule has 3 nitrogen and oxygen atoms in total. The molecule has 0 aliphatic heterocycles. The zero-order valence-corrected chi connectivity index (χ0v) is 10.6. The lowest BCUT2D eigenvalue weighted by Crippen LogP contribution is -2.23. The van der Waals surface area contributed by atoms with Crippen LogP contribution in [0.3, 0.4) is 0 Å². The lowest BCUT2D eigenvalue weighted by Gasteiger charge is -1.98. The standard InChI is InChI=1S/C12H11ClN2OS/c13-6-11(16)14-7-12-15-10(8-17-12)9-4-2-1-3-5-9/h1-5,8H,6-7H2,(H,14,16). The van der Waals surface area contributed by atoms with Crippen LogP contribution in [0.15, 0.2) is 35.7 Å². The van der Waals surface area contributed by atoms with E-state index in [1.165, 1.54) is 11.3 Å². The Hall–Kier alpha value is -1.39. The molecule has 1 heterocycles.